The summed E-state index contributed by atoms with van der Waals surface area (Å²) in [6.45, 7) is 3.07. The van der Waals surface area contributed by atoms with Gasteiger partial charge in [-0.05, 0) is 0 Å². The van der Waals surface area contributed by atoms with Gasteiger partial charge in [-0.15, -0.1) is 11.3 Å². The molecule has 0 spiro atoms. The van der Waals surface area contributed by atoms with Crippen molar-refractivity contribution in [3.8, 4) is 0 Å². The maximum Gasteiger partial charge on any atom is 0.289 e. The van der Waals surface area contributed by atoms with Crippen molar-refractivity contribution >= 4 is 22.4 Å². The van der Waals surface area contributed by atoms with Gasteiger partial charge in [0.2, 0.25) is 0 Å². The fraction of sp³-hybridized carbons (Fsp3) is 0.333. The summed E-state index contributed by atoms with van der Waals surface area (Å²) >= 11 is 1.43. The first-order valence-corrected chi connectivity index (χ1v) is 7.90. The maximum atomic E-state index is 12.7. The number of rotatable bonds is 4. The average Bonchev–Trinajstić information content (AvgIpc) is 3.02. The first kappa shape index (κ1) is 14.2. The molecule has 0 bridgehead atoms. The van der Waals surface area contributed by atoms with Crippen LogP contribution in [-0.2, 0) is 9.53 Å². The lowest BCUT2D eigenvalue weighted by Crippen LogP contribution is -3.15. The third-order valence-corrected chi connectivity index (χ3v) is 4.29. The third kappa shape index (κ3) is 3.47. The van der Waals surface area contributed by atoms with Gasteiger partial charge < -0.3 is 9.64 Å². The highest BCUT2D eigenvalue weighted by atomic mass is 32.1. The number of quaternary nitrogens is 1. The van der Waals surface area contributed by atoms with Gasteiger partial charge in [-0.1, -0.05) is 30.3 Å². The van der Waals surface area contributed by atoms with Crippen molar-refractivity contribution in [1.82, 2.24) is 4.98 Å². The quantitative estimate of drug-likeness (QED) is 0.876. The molecule has 0 saturated carbocycles. The first-order valence-electron chi connectivity index (χ1n) is 7.02. The van der Waals surface area contributed by atoms with Gasteiger partial charge >= 0.3 is 0 Å². The van der Waals surface area contributed by atoms with E-state index in [2.05, 4.69) is 10.3 Å². The monoisotopic (exact) mass is 304 g/mol. The number of aromatic nitrogens is 1. The van der Waals surface area contributed by atoms with E-state index in [0.717, 1.165) is 18.7 Å². The molecule has 0 radical (unpaired) electrons. The fourth-order valence-corrected chi connectivity index (χ4v) is 3.13. The van der Waals surface area contributed by atoms with E-state index < -0.39 is 0 Å². The van der Waals surface area contributed by atoms with Crippen LogP contribution in [0.5, 0.6) is 0 Å². The smallest absolute Gasteiger partial charge is 0.289 e. The summed E-state index contributed by atoms with van der Waals surface area (Å²) in [5.41, 5.74) is 1.03. The number of nitrogens with one attached hydrogen (secondary N) is 2. The lowest BCUT2D eigenvalue weighted by molar-refractivity contribution is -0.929. The number of hydrogen-bond donors (Lipinski definition) is 2. The van der Waals surface area contributed by atoms with Crippen molar-refractivity contribution in [3.63, 3.8) is 0 Å². The van der Waals surface area contributed by atoms with E-state index in [4.69, 9.17) is 4.74 Å². The van der Waals surface area contributed by atoms with Gasteiger partial charge in [0, 0.05) is 17.1 Å². The van der Waals surface area contributed by atoms with Gasteiger partial charge in [0.1, 0.15) is 13.1 Å². The van der Waals surface area contributed by atoms with Crippen LogP contribution in [0.15, 0.2) is 41.9 Å². The molecule has 1 amide bonds. The van der Waals surface area contributed by atoms with E-state index in [1.165, 1.54) is 16.2 Å². The third-order valence-electron chi connectivity index (χ3n) is 3.60. The van der Waals surface area contributed by atoms with E-state index in [1.54, 1.807) is 6.20 Å². The zero-order valence-electron chi connectivity index (χ0n) is 11.6. The van der Waals surface area contributed by atoms with Crippen LogP contribution in [0.1, 0.15) is 11.6 Å². The lowest BCUT2D eigenvalue weighted by atomic mass is 10.0. The first-order chi connectivity index (χ1) is 10.3. The van der Waals surface area contributed by atoms with Crippen LogP contribution in [0.2, 0.25) is 0 Å². The zero-order chi connectivity index (χ0) is 14.5. The largest absolute Gasteiger partial charge is 0.370 e. The topological polar surface area (TPSA) is 55.7 Å². The molecule has 3 rings (SSSR count). The van der Waals surface area contributed by atoms with Crippen molar-refractivity contribution in [2.24, 2.45) is 0 Å². The number of benzene rings is 1. The summed E-state index contributed by atoms with van der Waals surface area (Å²) in [6.07, 6.45) is 1.69. The predicted octanol–water partition coefficient (Wildman–Crippen LogP) is 0.738. The fourth-order valence-electron chi connectivity index (χ4n) is 2.60. The number of carbonyl (C=O) groups excluding carboxylic acids is 1. The molecule has 0 aliphatic carbocycles. The van der Waals surface area contributed by atoms with E-state index in [-0.39, 0.29) is 11.9 Å². The van der Waals surface area contributed by atoms with Crippen molar-refractivity contribution < 1.29 is 14.4 Å². The Morgan fingerprint density at radius 2 is 2.05 bits per heavy atom. The van der Waals surface area contributed by atoms with Crippen molar-refractivity contribution in [1.29, 1.82) is 0 Å². The van der Waals surface area contributed by atoms with Crippen molar-refractivity contribution in [3.05, 3.63) is 47.5 Å². The molecule has 0 unspecified atom stereocenters. The molecule has 2 heterocycles. The van der Waals surface area contributed by atoms with E-state index >= 15 is 0 Å². The van der Waals surface area contributed by atoms with Crippen LogP contribution in [0.3, 0.4) is 0 Å². The minimum Gasteiger partial charge on any atom is -0.370 e. The van der Waals surface area contributed by atoms with Gasteiger partial charge in [0.15, 0.2) is 11.2 Å². The molecule has 2 aromatic rings. The molecule has 1 saturated heterocycles. The Kier molecular flexibility index (Phi) is 4.59. The number of carbonyl (C=O) groups is 1. The normalized spacial score (nSPS) is 17.3. The summed E-state index contributed by atoms with van der Waals surface area (Å²) < 4.78 is 5.41. The number of hydrogen-bond acceptors (Lipinski definition) is 4. The van der Waals surface area contributed by atoms with Crippen LogP contribution in [0, 0.1) is 0 Å². The van der Waals surface area contributed by atoms with Gasteiger partial charge in [-0.25, -0.2) is 4.98 Å². The molecular formula is C15H18N3O2S+. The number of amides is 1. The minimum atomic E-state index is -0.223. The Balaban J connectivity index is 1.82. The summed E-state index contributed by atoms with van der Waals surface area (Å²) in [4.78, 5) is 18.1. The summed E-state index contributed by atoms with van der Waals surface area (Å²) in [5, 5.41) is 5.43. The number of thiazole rings is 1. The average molecular weight is 304 g/mol. The molecular weight excluding hydrogens is 286 g/mol. The van der Waals surface area contributed by atoms with E-state index in [0.29, 0.717) is 18.3 Å². The van der Waals surface area contributed by atoms with Crippen LogP contribution < -0.4 is 10.2 Å². The second-order valence-electron chi connectivity index (χ2n) is 4.94. The van der Waals surface area contributed by atoms with Crippen LogP contribution in [0.4, 0.5) is 5.13 Å². The van der Waals surface area contributed by atoms with Crippen LogP contribution >= 0.6 is 11.3 Å². The van der Waals surface area contributed by atoms with Gasteiger partial charge in [-0.2, -0.15) is 0 Å². The van der Waals surface area contributed by atoms with Gasteiger partial charge in [-0.3, -0.25) is 10.1 Å². The standard InChI is InChI=1S/C15H17N3O2S/c19-14(17-15-16-6-11-21-15)13(12-4-2-1-3-5-12)18-7-9-20-10-8-18/h1-6,11,13H,7-10H2,(H,16,17,19)/p+1/t13-/m1/s1. The van der Waals surface area contributed by atoms with E-state index in [9.17, 15) is 4.79 Å². The summed E-state index contributed by atoms with van der Waals surface area (Å²) in [7, 11) is 0. The lowest BCUT2D eigenvalue weighted by Gasteiger charge is -2.30. The van der Waals surface area contributed by atoms with Crippen molar-refractivity contribution in [2.45, 2.75) is 6.04 Å². The number of morpholine rings is 1. The highest BCUT2D eigenvalue weighted by molar-refractivity contribution is 7.13. The van der Waals surface area contributed by atoms with Crippen LogP contribution in [0.25, 0.3) is 0 Å². The Bertz CT molecular complexity index is 568. The molecule has 2 N–H and O–H groups in total. The zero-order valence-corrected chi connectivity index (χ0v) is 12.4. The Morgan fingerprint density at radius 1 is 1.29 bits per heavy atom. The second kappa shape index (κ2) is 6.80. The molecule has 110 valence electrons. The highest BCUT2D eigenvalue weighted by Crippen LogP contribution is 2.15. The molecule has 5 nitrogen and oxygen atoms in total. The molecule has 1 aliphatic rings. The highest BCUT2D eigenvalue weighted by Gasteiger charge is 2.33. The Labute approximate surface area is 127 Å². The van der Waals surface area contributed by atoms with Crippen LogP contribution in [-0.4, -0.2) is 37.2 Å². The van der Waals surface area contributed by atoms with Crippen molar-refractivity contribution in [2.75, 3.05) is 31.6 Å². The summed E-state index contributed by atoms with van der Waals surface area (Å²) in [5.74, 6) is -0.00644. The Morgan fingerprint density at radius 3 is 2.71 bits per heavy atom. The molecule has 1 aromatic carbocycles. The predicted molar refractivity (Wildman–Crippen MR) is 81.4 cm³/mol. The second-order valence-corrected chi connectivity index (χ2v) is 5.84. The SMILES string of the molecule is O=C(Nc1nccs1)[C@@H](c1ccccc1)[NH+]1CCOCC1. The molecule has 6 heteroatoms. The molecule has 21 heavy (non-hydrogen) atoms. The Hall–Kier alpha value is -1.76. The number of nitrogens with zero attached hydrogens (tertiary/aromatic N) is 1. The van der Waals surface area contributed by atoms with Gasteiger partial charge in [0.05, 0.1) is 13.2 Å². The minimum absolute atomic E-state index is 0.00644. The maximum absolute atomic E-state index is 12.7. The van der Waals surface area contributed by atoms with Gasteiger partial charge in [0.25, 0.3) is 5.91 Å². The molecule has 1 aromatic heterocycles. The molecule has 1 aliphatic heterocycles. The van der Waals surface area contributed by atoms with E-state index in [1.807, 2.05) is 35.7 Å². The molecule has 1 atom stereocenters. The molecule has 1 fully saturated rings. The number of anilines is 1. The summed E-state index contributed by atoms with van der Waals surface area (Å²) in [6, 6.07) is 9.70. The number of ether oxygens (including phenoxy) is 1.